The van der Waals surface area contributed by atoms with E-state index in [2.05, 4.69) is 9.97 Å². The van der Waals surface area contributed by atoms with Gasteiger partial charge in [0.05, 0.1) is 60.1 Å². The molecular weight excluding hydrogens is 1030 g/mol. The highest BCUT2D eigenvalue weighted by Crippen LogP contribution is 2.48. The second-order valence-corrected chi connectivity index (χ2v) is 18.4. The molecule has 0 unspecified atom stereocenters. The Labute approximate surface area is 397 Å². The molecule has 4 nitrogen and oxygen atoms in total. The number of alkyl halides is 12. The molecule has 0 saturated carbocycles. The molecule has 0 N–H and O–H groups in total. The predicted molar refractivity (Wildman–Crippen MR) is 237 cm³/mol. The predicted octanol–water partition coefficient (Wildman–Crippen LogP) is 18.7. The van der Waals surface area contributed by atoms with Crippen molar-refractivity contribution in [3.05, 3.63) is 124 Å². The van der Waals surface area contributed by atoms with Crippen LogP contribution in [0.4, 0.5) is 74.3 Å². The highest BCUT2D eigenvalue weighted by Gasteiger charge is 2.41. The largest absolute Gasteiger partial charge is 0.418 e. The zero-order chi connectivity index (χ0) is 48.6. The van der Waals surface area contributed by atoms with Crippen molar-refractivity contribution in [2.45, 2.75) is 65.2 Å². The molecule has 0 fully saturated rings. The van der Waals surface area contributed by atoms with Crippen molar-refractivity contribution in [2.24, 2.45) is 0 Å². The van der Waals surface area contributed by atoms with E-state index in [1.807, 2.05) is 0 Å². The smallest absolute Gasteiger partial charge is 0.317 e. The minimum absolute atomic E-state index is 0.00113. The van der Waals surface area contributed by atoms with Gasteiger partial charge in [-0.1, -0.05) is 71.9 Å². The first-order valence-electron chi connectivity index (χ1n) is 18.7. The maximum absolute atomic E-state index is 13.7. The first-order chi connectivity index (χ1) is 30.1. The Hall–Kier alpha value is -3.65. The third kappa shape index (κ3) is 12.3. The molecule has 0 bridgehead atoms. The van der Waals surface area contributed by atoms with Crippen molar-refractivity contribution < 1.29 is 52.7 Å². The number of benzene rings is 4. The van der Waals surface area contributed by atoms with Crippen LogP contribution in [-0.4, -0.2) is 23.1 Å². The summed E-state index contributed by atoms with van der Waals surface area (Å²) in [6, 6.07) is 10.4. The van der Waals surface area contributed by atoms with Crippen LogP contribution in [0.2, 0.25) is 25.1 Å². The van der Waals surface area contributed by atoms with Crippen molar-refractivity contribution in [2.75, 3.05) is 22.9 Å². The lowest BCUT2D eigenvalue weighted by Gasteiger charge is -2.26. The van der Waals surface area contributed by atoms with E-state index < -0.39 is 58.3 Å². The summed E-state index contributed by atoms with van der Waals surface area (Å²) in [4.78, 5) is 12.4. The number of nitrogens with zero attached hydrogens (tertiary/aromatic N) is 4. The van der Waals surface area contributed by atoms with Crippen LogP contribution < -0.4 is 9.80 Å². The minimum atomic E-state index is -4.87. The molecule has 0 spiro atoms. The molecule has 0 saturated heterocycles. The van der Waals surface area contributed by atoms with Crippen molar-refractivity contribution in [3.8, 4) is 22.5 Å². The van der Waals surface area contributed by atoms with Crippen LogP contribution in [0.25, 0.3) is 22.5 Å². The molecule has 2 heterocycles. The van der Waals surface area contributed by atoms with E-state index in [-0.39, 0.29) is 38.4 Å². The van der Waals surface area contributed by atoms with Gasteiger partial charge in [-0.25, -0.2) is 9.97 Å². The summed E-state index contributed by atoms with van der Waals surface area (Å²) < 4.78 is 162. The number of aromatic nitrogens is 2. The Balaban J connectivity index is 0.000000244. The number of hydrogen-bond acceptors (Lipinski definition) is 6. The van der Waals surface area contributed by atoms with Crippen LogP contribution in [0.1, 0.15) is 58.7 Å². The lowest BCUT2D eigenvalue weighted by atomic mass is 10.1. The Morgan fingerprint density at radius 3 is 1.28 bits per heavy atom. The summed E-state index contributed by atoms with van der Waals surface area (Å²) in [6.45, 7) is 6.82. The maximum atomic E-state index is 13.7. The molecule has 4 aromatic carbocycles. The molecule has 65 heavy (non-hydrogen) atoms. The van der Waals surface area contributed by atoms with Crippen molar-refractivity contribution >= 4 is 102 Å². The van der Waals surface area contributed by atoms with Crippen molar-refractivity contribution in [1.82, 2.24) is 9.97 Å². The van der Waals surface area contributed by atoms with E-state index in [0.29, 0.717) is 91.6 Å². The van der Waals surface area contributed by atoms with E-state index >= 15 is 0 Å². The van der Waals surface area contributed by atoms with Crippen LogP contribution in [0.15, 0.2) is 66.7 Å². The molecule has 0 amide bonds. The Morgan fingerprint density at radius 2 is 0.892 bits per heavy atom. The molecule has 2 aromatic heterocycles. The van der Waals surface area contributed by atoms with Gasteiger partial charge in [0.1, 0.15) is 0 Å². The molecular formula is C42H31Cl5F12N4S2. The maximum Gasteiger partial charge on any atom is 0.418 e. The van der Waals surface area contributed by atoms with Gasteiger partial charge < -0.3 is 9.80 Å². The second kappa shape index (κ2) is 20.3. The highest BCUT2D eigenvalue weighted by atomic mass is 35.5. The first kappa shape index (κ1) is 52.3. The fraction of sp³-hybridized carbons (Fsp3) is 0.286. The summed E-state index contributed by atoms with van der Waals surface area (Å²) in [5.74, 6) is 0. The summed E-state index contributed by atoms with van der Waals surface area (Å²) in [5.41, 5.74) is -4.37. The lowest BCUT2D eigenvalue weighted by molar-refractivity contribution is -0.141. The van der Waals surface area contributed by atoms with Gasteiger partial charge in [0, 0.05) is 44.0 Å². The monoisotopic (exact) mass is 1060 g/mol. The van der Waals surface area contributed by atoms with Gasteiger partial charge in [0.25, 0.3) is 0 Å². The number of thiazole rings is 2. The van der Waals surface area contributed by atoms with Crippen LogP contribution in [0.5, 0.6) is 0 Å². The number of halogens is 17. The number of anilines is 4. The molecule has 6 rings (SSSR count). The van der Waals surface area contributed by atoms with Gasteiger partial charge >= 0.3 is 24.7 Å². The van der Waals surface area contributed by atoms with Gasteiger partial charge in [0.2, 0.25) is 0 Å². The fourth-order valence-electron chi connectivity index (χ4n) is 6.36. The van der Waals surface area contributed by atoms with Crippen molar-refractivity contribution in [1.29, 1.82) is 0 Å². The fourth-order valence-corrected chi connectivity index (χ4v) is 9.77. The summed E-state index contributed by atoms with van der Waals surface area (Å²) in [6.07, 6.45) is -18.6. The Morgan fingerprint density at radius 1 is 0.492 bits per heavy atom. The van der Waals surface area contributed by atoms with Crippen LogP contribution in [0, 0.1) is 13.8 Å². The van der Waals surface area contributed by atoms with Gasteiger partial charge in [0.15, 0.2) is 10.3 Å². The lowest BCUT2D eigenvalue weighted by Crippen LogP contribution is -2.23. The molecule has 0 atom stereocenters. The van der Waals surface area contributed by atoms with Crippen LogP contribution in [0.3, 0.4) is 0 Å². The van der Waals surface area contributed by atoms with E-state index in [1.165, 1.54) is 23.1 Å². The van der Waals surface area contributed by atoms with Crippen molar-refractivity contribution in [3.63, 3.8) is 0 Å². The average molecular weight is 1060 g/mol. The number of rotatable bonds is 10. The summed E-state index contributed by atoms with van der Waals surface area (Å²) in [7, 11) is 0. The molecule has 0 aliphatic rings. The first-order valence-corrected chi connectivity index (χ1v) is 22.3. The Bertz CT molecular complexity index is 2640. The summed E-state index contributed by atoms with van der Waals surface area (Å²) in [5, 5.41) is 1.57. The highest BCUT2D eigenvalue weighted by molar-refractivity contribution is 7.16. The standard InChI is InChI=1S/C21H15Cl3F6N2S.C21H16Cl2F6N2S/c1-3-6-32(16-7-11(20(25,26)27)4-5-13(16)21(28,29)30)19-31-18(10(2)33-19)17-14(23)8-12(22)9-15(17)24;1-3-8-31(17-9-12(20(24,25)26)4-7-15(17)21(27,28)29)19-30-18(11(2)32-19)14-6-5-13(22)10-16(14)23/h4-5,7-9H,3,6H2,1-2H3;4-7,9-10H,3,8H2,1-2H3. The van der Waals surface area contributed by atoms with Gasteiger partial charge in [-0.3, -0.25) is 0 Å². The van der Waals surface area contributed by atoms with Gasteiger partial charge in [-0.15, -0.1) is 22.7 Å². The second-order valence-electron chi connectivity index (χ2n) is 13.9. The molecule has 23 heteroatoms. The normalized spacial score (nSPS) is 12.3. The van der Waals surface area contributed by atoms with E-state index in [4.69, 9.17) is 58.0 Å². The molecule has 0 aliphatic heterocycles. The van der Waals surface area contributed by atoms with Crippen LogP contribution in [-0.2, 0) is 24.7 Å². The van der Waals surface area contributed by atoms with E-state index in [1.54, 1.807) is 39.8 Å². The number of aryl methyl sites for hydroxylation is 2. The SMILES string of the molecule is CCCN(c1nc(-c2c(Cl)cc(Cl)cc2Cl)c(C)s1)c1cc(C(F)(F)F)ccc1C(F)(F)F.CCCN(c1nc(-c2ccc(Cl)cc2Cl)c(C)s1)c1cc(C(F)(F)F)ccc1C(F)(F)F. The minimum Gasteiger partial charge on any atom is -0.317 e. The third-order valence-corrected chi connectivity index (χ3v) is 12.5. The zero-order valence-electron chi connectivity index (χ0n) is 33.7. The number of hydrogen-bond donors (Lipinski definition) is 0. The average Bonchev–Trinajstić information content (AvgIpc) is 3.75. The third-order valence-electron chi connectivity index (χ3n) is 9.20. The molecule has 0 aliphatic carbocycles. The van der Waals surface area contributed by atoms with Gasteiger partial charge in [-0.2, -0.15) is 52.7 Å². The summed E-state index contributed by atoms with van der Waals surface area (Å²) >= 11 is 32.8. The van der Waals surface area contributed by atoms with E-state index in [0.717, 1.165) is 27.6 Å². The van der Waals surface area contributed by atoms with E-state index in [9.17, 15) is 52.7 Å². The van der Waals surface area contributed by atoms with Gasteiger partial charge in [-0.05, 0) is 93.4 Å². The molecule has 6 aromatic rings. The zero-order valence-corrected chi connectivity index (χ0v) is 39.1. The quantitative estimate of drug-likeness (QED) is 0.128. The molecule has 350 valence electrons. The van der Waals surface area contributed by atoms with Crippen LogP contribution >= 0.6 is 80.7 Å². The Kier molecular flexibility index (Phi) is 16.3. The molecule has 0 radical (unpaired) electrons. The topological polar surface area (TPSA) is 32.3 Å².